The highest BCUT2D eigenvalue weighted by molar-refractivity contribution is 5.84. The van der Waals surface area contributed by atoms with E-state index in [2.05, 4.69) is 4.98 Å². The Labute approximate surface area is 90.7 Å². The van der Waals surface area contributed by atoms with Crippen LogP contribution in [0.3, 0.4) is 0 Å². The highest BCUT2D eigenvalue weighted by Crippen LogP contribution is 2.15. The van der Waals surface area contributed by atoms with Gasteiger partial charge in [0.05, 0.1) is 17.5 Å². The Hall–Kier alpha value is -1.78. The van der Waals surface area contributed by atoms with E-state index in [1.54, 1.807) is 17.7 Å². The van der Waals surface area contributed by atoms with Crippen molar-refractivity contribution in [3.05, 3.63) is 30.1 Å². The fraction of sp³-hybridized carbons (Fsp3) is 0.273. The Kier molecular flexibility index (Phi) is 2.68. The number of aryl methyl sites for hydroxylation is 1. The van der Waals surface area contributed by atoms with E-state index >= 15 is 0 Å². The summed E-state index contributed by atoms with van der Waals surface area (Å²) in [5.41, 5.74) is 1.54. The van der Waals surface area contributed by atoms with Gasteiger partial charge in [-0.15, -0.1) is 0 Å². The molecule has 16 heavy (non-hydrogen) atoms. The molecule has 0 N–H and O–H groups in total. The van der Waals surface area contributed by atoms with Crippen molar-refractivity contribution >= 4 is 16.8 Å². The van der Waals surface area contributed by atoms with Crippen LogP contribution in [-0.2, 0) is 18.3 Å². The first-order chi connectivity index (χ1) is 7.59. The standard InChI is InChI=1S/C11H10F2N2O/c1-15-8-5-3-2-4-7(8)14-10(15)6-9(16)11(12)13/h2-5,11H,6H2,1H3. The molecule has 2 rings (SSSR count). The first kappa shape index (κ1) is 10.7. The third kappa shape index (κ3) is 1.80. The van der Waals surface area contributed by atoms with Crippen LogP contribution in [0.4, 0.5) is 8.78 Å². The summed E-state index contributed by atoms with van der Waals surface area (Å²) < 4.78 is 25.9. The third-order valence-corrected chi connectivity index (χ3v) is 2.46. The zero-order chi connectivity index (χ0) is 11.7. The van der Waals surface area contributed by atoms with Crippen molar-refractivity contribution in [2.24, 2.45) is 7.05 Å². The first-order valence-electron chi connectivity index (χ1n) is 4.81. The molecule has 0 atom stereocenters. The molecule has 0 radical (unpaired) electrons. The summed E-state index contributed by atoms with van der Waals surface area (Å²) >= 11 is 0. The SMILES string of the molecule is Cn1c(CC(=O)C(F)F)nc2ccccc21. The second-order valence-electron chi connectivity index (χ2n) is 3.52. The fourth-order valence-electron chi connectivity index (χ4n) is 1.59. The van der Waals surface area contributed by atoms with Crippen LogP contribution in [0.2, 0.25) is 0 Å². The number of halogens is 2. The van der Waals surface area contributed by atoms with E-state index in [9.17, 15) is 13.6 Å². The molecule has 0 fully saturated rings. The number of alkyl halides is 2. The smallest absolute Gasteiger partial charge is 0.296 e. The minimum atomic E-state index is -2.93. The average molecular weight is 224 g/mol. The van der Waals surface area contributed by atoms with Crippen LogP contribution in [-0.4, -0.2) is 21.8 Å². The molecule has 1 heterocycles. The molecule has 1 aromatic carbocycles. The molecule has 1 aromatic heterocycles. The fourth-order valence-corrected chi connectivity index (χ4v) is 1.59. The lowest BCUT2D eigenvalue weighted by Crippen LogP contribution is -2.15. The Morgan fingerprint density at radius 1 is 1.44 bits per heavy atom. The van der Waals surface area contributed by atoms with E-state index < -0.39 is 12.2 Å². The number of imidazole rings is 1. The minimum absolute atomic E-state index is 0.331. The predicted octanol–water partition coefficient (Wildman–Crippen LogP) is 1.95. The second-order valence-corrected chi connectivity index (χ2v) is 3.52. The quantitative estimate of drug-likeness (QED) is 0.798. The van der Waals surface area contributed by atoms with Gasteiger partial charge in [0.1, 0.15) is 5.82 Å². The van der Waals surface area contributed by atoms with Gasteiger partial charge in [-0.1, -0.05) is 12.1 Å². The van der Waals surface area contributed by atoms with E-state index in [0.717, 1.165) is 5.52 Å². The van der Waals surface area contributed by atoms with Crippen LogP contribution in [0.15, 0.2) is 24.3 Å². The Balaban J connectivity index is 2.38. The molecule has 0 saturated heterocycles. The van der Waals surface area contributed by atoms with E-state index in [1.807, 2.05) is 18.2 Å². The topological polar surface area (TPSA) is 34.9 Å². The molecule has 0 aliphatic carbocycles. The van der Waals surface area contributed by atoms with Crippen LogP contribution < -0.4 is 0 Å². The maximum atomic E-state index is 12.1. The summed E-state index contributed by atoms with van der Waals surface area (Å²) in [6.07, 6.45) is -3.26. The number of carbonyl (C=O) groups excluding carboxylic acids is 1. The summed E-state index contributed by atoms with van der Waals surface area (Å²) in [4.78, 5) is 15.1. The summed E-state index contributed by atoms with van der Waals surface area (Å²) in [7, 11) is 1.71. The Bertz CT molecular complexity index is 534. The van der Waals surface area contributed by atoms with Crippen molar-refractivity contribution in [3.63, 3.8) is 0 Å². The van der Waals surface area contributed by atoms with Crippen molar-refractivity contribution in [1.82, 2.24) is 9.55 Å². The Morgan fingerprint density at radius 3 is 2.75 bits per heavy atom. The van der Waals surface area contributed by atoms with Gasteiger partial charge in [-0.3, -0.25) is 4.79 Å². The average Bonchev–Trinajstić information content (AvgIpc) is 2.56. The molecule has 84 valence electrons. The normalized spacial score (nSPS) is 11.2. The predicted molar refractivity (Wildman–Crippen MR) is 55.4 cm³/mol. The van der Waals surface area contributed by atoms with E-state index in [1.165, 1.54) is 0 Å². The van der Waals surface area contributed by atoms with Gasteiger partial charge < -0.3 is 4.57 Å². The van der Waals surface area contributed by atoms with Crippen LogP contribution in [0.25, 0.3) is 11.0 Å². The summed E-state index contributed by atoms with van der Waals surface area (Å²) in [6, 6.07) is 7.27. The molecular formula is C11H10F2N2O. The third-order valence-electron chi connectivity index (χ3n) is 2.46. The molecule has 0 unspecified atom stereocenters. The van der Waals surface area contributed by atoms with Gasteiger partial charge in [0.2, 0.25) is 5.78 Å². The zero-order valence-electron chi connectivity index (χ0n) is 8.65. The molecule has 5 heteroatoms. The molecule has 0 spiro atoms. The number of fused-ring (bicyclic) bond motifs is 1. The number of rotatable bonds is 3. The molecule has 0 bridgehead atoms. The molecule has 2 aromatic rings. The number of para-hydroxylation sites is 2. The van der Waals surface area contributed by atoms with Crippen molar-refractivity contribution in [2.75, 3.05) is 0 Å². The van der Waals surface area contributed by atoms with Crippen LogP contribution in [0.1, 0.15) is 5.82 Å². The molecule has 0 aliphatic rings. The van der Waals surface area contributed by atoms with E-state index in [4.69, 9.17) is 0 Å². The van der Waals surface area contributed by atoms with E-state index in [0.29, 0.717) is 11.3 Å². The van der Waals surface area contributed by atoms with E-state index in [-0.39, 0.29) is 6.42 Å². The van der Waals surface area contributed by atoms with Gasteiger partial charge in [-0.05, 0) is 12.1 Å². The number of ketones is 1. The monoisotopic (exact) mass is 224 g/mol. The van der Waals surface area contributed by atoms with Crippen molar-refractivity contribution in [2.45, 2.75) is 12.8 Å². The van der Waals surface area contributed by atoms with Crippen molar-refractivity contribution in [1.29, 1.82) is 0 Å². The molecule has 0 aliphatic heterocycles. The number of Topliss-reactive ketones (excluding diaryl/α,β-unsaturated/α-hetero) is 1. The summed E-state index contributed by atoms with van der Waals surface area (Å²) in [5.74, 6) is -0.732. The Morgan fingerprint density at radius 2 is 2.12 bits per heavy atom. The van der Waals surface area contributed by atoms with Crippen LogP contribution in [0, 0.1) is 0 Å². The zero-order valence-corrected chi connectivity index (χ0v) is 8.65. The second kappa shape index (κ2) is 4.00. The molecular weight excluding hydrogens is 214 g/mol. The van der Waals surface area contributed by atoms with Gasteiger partial charge in [-0.2, -0.15) is 0 Å². The van der Waals surface area contributed by atoms with Gasteiger partial charge in [-0.25, -0.2) is 13.8 Å². The number of nitrogens with zero attached hydrogens (tertiary/aromatic N) is 2. The molecule has 0 saturated carbocycles. The van der Waals surface area contributed by atoms with Gasteiger partial charge in [0.25, 0.3) is 6.43 Å². The number of aromatic nitrogens is 2. The van der Waals surface area contributed by atoms with Crippen LogP contribution >= 0.6 is 0 Å². The molecule has 3 nitrogen and oxygen atoms in total. The largest absolute Gasteiger partial charge is 0.331 e. The van der Waals surface area contributed by atoms with Gasteiger partial charge in [0, 0.05) is 7.05 Å². The van der Waals surface area contributed by atoms with Crippen molar-refractivity contribution < 1.29 is 13.6 Å². The van der Waals surface area contributed by atoms with Crippen LogP contribution in [0.5, 0.6) is 0 Å². The highest BCUT2D eigenvalue weighted by Gasteiger charge is 2.18. The lowest BCUT2D eigenvalue weighted by Gasteiger charge is -2.00. The lowest BCUT2D eigenvalue weighted by molar-refractivity contribution is -0.128. The summed E-state index contributed by atoms with van der Waals surface area (Å²) in [6.45, 7) is 0. The maximum Gasteiger partial charge on any atom is 0.296 e. The maximum absolute atomic E-state index is 12.1. The summed E-state index contributed by atoms with van der Waals surface area (Å²) in [5, 5.41) is 0. The number of hydrogen-bond donors (Lipinski definition) is 0. The van der Waals surface area contributed by atoms with Gasteiger partial charge in [0.15, 0.2) is 0 Å². The van der Waals surface area contributed by atoms with Gasteiger partial charge >= 0.3 is 0 Å². The number of hydrogen-bond acceptors (Lipinski definition) is 2. The van der Waals surface area contributed by atoms with Crippen molar-refractivity contribution in [3.8, 4) is 0 Å². The molecule has 0 amide bonds. The highest BCUT2D eigenvalue weighted by atomic mass is 19.3. The lowest BCUT2D eigenvalue weighted by atomic mass is 10.3. The first-order valence-corrected chi connectivity index (χ1v) is 4.81. The number of benzene rings is 1. The number of carbonyl (C=O) groups is 1. The minimum Gasteiger partial charge on any atom is -0.331 e.